The molecule has 0 radical (unpaired) electrons. The molecule has 0 aliphatic heterocycles. The van der Waals surface area contributed by atoms with Crippen molar-refractivity contribution >= 4 is 17.8 Å². The lowest BCUT2D eigenvalue weighted by molar-refractivity contribution is -0.147. The molecule has 0 saturated heterocycles. The number of esters is 1. The van der Waals surface area contributed by atoms with Crippen molar-refractivity contribution in [2.45, 2.75) is 168 Å². The van der Waals surface area contributed by atoms with E-state index in [1.54, 1.807) is 0 Å². The number of aliphatic carboxylic acids is 1. The molecular weight excluding hydrogens is 598 g/mol. The van der Waals surface area contributed by atoms with Crippen LogP contribution in [0.2, 0.25) is 0 Å². The van der Waals surface area contributed by atoms with Gasteiger partial charge in [0.25, 0.3) is 0 Å². The van der Waals surface area contributed by atoms with Crippen molar-refractivity contribution in [3.05, 3.63) is 72.9 Å². The van der Waals surface area contributed by atoms with Gasteiger partial charge in [-0.1, -0.05) is 132 Å². The van der Waals surface area contributed by atoms with E-state index in [9.17, 15) is 14.4 Å². The lowest BCUT2D eigenvalue weighted by Crippen LogP contribution is -2.28. The Labute approximate surface area is 294 Å². The Bertz CT molecular complexity index is 959. The Morgan fingerprint density at radius 1 is 0.583 bits per heavy atom. The average molecular weight is 668 g/mol. The molecule has 0 aliphatic carbocycles. The van der Waals surface area contributed by atoms with Gasteiger partial charge in [0.1, 0.15) is 12.6 Å². The van der Waals surface area contributed by atoms with E-state index in [4.69, 9.17) is 9.84 Å². The highest BCUT2D eigenvalue weighted by molar-refractivity contribution is 5.80. The van der Waals surface area contributed by atoms with E-state index in [0.717, 1.165) is 89.9 Å². The van der Waals surface area contributed by atoms with Crippen LogP contribution >= 0.6 is 0 Å². The summed E-state index contributed by atoms with van der Waals surface area (Å²) in [4.78, 5) is 34.8. The summed E-state index contributed by atoms with van der Waals surface area (Å²) in [6.45, 7) is 4.03. The van der Waals surface area contributed by atoms with E-state index in [2.05, 4.69) is 86.0 Å². The number of hydrogen-bond donors (Lipinski definition) is 2. The van der Waals surface area contributed by atoms with E-state index < -0.39 is 5.97 Å². The first-order valence-corrected chi connectivity index (χ1v) is 19.1. The average Bonchev–Trinajstić information content (AvgIpc) is 3.07. The molecule has 0 aromatic rings. The van der Waals surface area contributed by atoms with Crippen LogP contribution in [-0.2, 0) is 19.1 Å². The molecule has 1 amide bonds. The van der Waals surface area contributed by atoms with Gasteiger partial charge in [0.05, 0.1) is 0 Å². The van der Waals surface area contributed by atoms with Crippen LogP contribution in [-0.4, -0.2) is 35.6 Å². The number of rotatable bonds is 33. The molecule has 272 valence electrons. The number of carboxylic acids is 1. The molecule has 6 heteroatoms. The van der Waals surface area contributed by atoms with E-state index >= 15 is 0 Å². The van der Waals surface area contributed by atoms with Crippen molar-refractivity contribution in [2.24, 2.45) is 0 Å². The fraction of sp³-hybridized carbons (Fsp3) is 0.643. The van der Waals surface area contributed by atoms with Crippen LogP contribution in [0.25, 0.3) is 0 Å². The zero-order valence-electron chi connectivity index (χ0n) is 30.6. The largest absolute Gasteiger partial charge is 0.480 e. The zero-order chi connectivity index (χ0) is 35.2. The fourth-order valence-corrected chi connectivity index (χ4v) is 5.04. The second-order valence-electron chi connectivity index (χ2n) is 12.4. The summed E-state index contributed by atoms with van der Waals surface area (Å²) in [5.41, 5.74) is 0. The quantitative estimate of drug-likeness (QED) is 0.0413. The van der Waals surface area contributed by atoms with Crippen LogP contribution in [0.3, 0.4) is 0 Å². The Kier molecular flexibility index (Phi) is 34.3. The first kappa shape index (κ1) is 44.9. The highest BCUT2D eigenvalue weighted by Gasteiger charge is 2.11. The number of amides is 1. The lowest BCUT2D eigenvalue weighted by atomic mass is 10.1. The molecule has 0 fully saturated rings. The number of ether oxygens (including phenoxy) is 1. The smallest absolute Gasteiger partial charge is 0.322 e. The molecule has 1 atom stereocenters. The van der Waals surface area contributed by atoms with Gasteiger partial charge in [0.2, 0.25) is 5.91 Å². The van der Waals surface area contributed by atoms with Gasteiger partial charge in [-0.05, 0) is 89.5 Å². The molecule has 0 aromatic heterocycles. The van der Waals surface area contributed by atoms with Crippen molar-refractivity contribution in [1.82, 2.24) is 5.32 Å². The molecule has 0 spiro atoms. The number of hydrogen-bond acceptors (Lipinski definition) is 4. The Morgan fingerprint density at radius 2 is 1.08 bits per heavy atom. The van der Waals surface area contributed by atoms with Gasteiger partial charge in [-0.2, -0.15) is 0 Å². The van der Waals surface area contributed by atoms with Crippen LogP contribution in [0.15, 0.2) is 72.9 Å². The van der Waals surface area contributed by atoms with E-state index in [0.29, 0.717) is 12.8 Å². The summed E-state index contributed by atoms with van der Waals surface area (Å²) in [7, 11) is 0. The van der Waals surface area contributed by atoms with Gasteiger partial charge in [-0.15, -0.1) is 0 Å². The molecule has 6 nitrogen and oxygen atoms in total. The monoisotopic (exact) mass is 668 g/mol. The number of unbranched alkanes of at least 4 members (excludes halogenated alkanes) is 12. The number of carboxylic acid groups (broad SMARTS) is 1. The summed E-state index contributed by atoms with van der Waals surface area (Å²) in [5.74, 6) is -1.39. The molecule has 0 saturated carbocycles. The molecule has 0 rings (SSSR count). The van der Waals surface area contributed by atoms with Crippen molar-refractivity contribution in [3.8, 4) is 0 Å². The summed E-state index contributed by atoms with van der Waals surface area (Å²) in [5, 5.41) is 11.0. The van der Waals surface area contributed by atoms with Crippen molar-refractivity contribution in [1.29, 1.82) is 0 Å². The van der Waals surface area contributed by atoms with Crippen molar-refractivity contribution < 1.29 is 24.2 Å². The predicted molar refractivity (Wildman–Crippen MR) is 203 cm³/mol. The van der Waals surface area contributed by atoms with Crippen LogP contribution in [0.1, 0.15) is 162 Å². The minimum absolute atomic E-state index is 0.123. The summed E-state index contributed by atoms with van der Waals surface area (Å²) >= 11 is 0. The summed E-state index contributed by atoms with van der Waals surface area (Å²) in [6.07, 6.45) is 49.0. The minimum atomic E-state index is -1.04. The topological polar surface area (TPSA) is 92.7 Å². The molecular formula is C42H69NO5. The van der Waals surface area contributed by atoms with Crippen LogP contribution in [0, 0.1) is 0 Å². The second-order valence-corrected chi connectivity index (χ2v) is 12.4. The van der Waals surface area contributed by atoms with E-state index in [-0.39, 0.29) is 24.5 Å². The SMILES string of the molecule is CC/C=C\C/C=C\C/C=C\C(CCCCCCC(=O)NCC(=O)O)OC(=O)CCCCCCCC/C=C\C/C=C\C/C=C\CCCCC. The maximum atomic E-state index is 12.6. The Morgan fingerprint density at radius 3 is 1.69 bits per heavy atom. The molecule has 0 aliphatic rings. The van der Waals surface area contributed by atoms with Gasteiger partial charge < -0.3 is 15.2 Å². The fourth-order valence-electron chi connectivity index (χ4n) is 5.04. The van der Waals surface area contributed by atoms with Crippen LogP contribution in [0.4, 0.5) is 0 Å². The zero-order valence-corrected chi connectivity index (χ0v) is 30.6. The number of nitrogens with one attached hydrogen (secondary N) is 1. The van der Waals surface area contributed by atoms with Crippen molar-refractivity contribution in [2.75, 3.05) is 6.54 Å². The second kappa shape index (κ2) is 36.7. The highest BCUT2D eigenvalue weighted by Crippen LogP contribution is 2.14. The molecule has 2 N–H and O–H groups in total. The van der Waals surface area contributed by atoms with Gasteiger partial charge in [0, 0.05) is 12.8 Å². The highest BCUT2D eigenvalue weighted by atomic mass is 16.5. The Hall–Kier alpha value is -3.15. The van der Waals surface area contributed by atoms with E-state index in [1.807, 2.05) is 6.08 Å². The minimum Gasteiger partial charge on any atom is -0.480 e. The lowest BCUT2D eigenvalue weighted by Gasteiger charge is -2.14. The number of carbonyl (C=O) groups is 3. The molecule has 0 aromatic carbocycles. The van der Waals surface area contributed by atoms with Crippen LogP contribution < -0.4 is 5.32 Å². The van der Waals surface area contributed by atoms with Gasteiger partial charge >= 0.3 is 11.9 Å². The van der Waals surface area contributed by atoms with Gasteiger partial charge in [-0.25, -0.2) is 0 Å². The first-order valence-electron chi connectivity index (χ1n) is 19.1. The maximum absolute atomic E-state index is 12.6. The number of allylic oxidation sites excluding steroid dienone is 11. The van der Waals surface area contributed by atoms with Gasteiger partial charge in [0.15, 0.2) is 0 Å². The summed E-state index contributed by atoms with van der Waals surface area (Å²) < 4.78 is 5.85. The third-order valence-corrected chi connectivity index (χ3v) is 7.85. The van der Waals surface area contributed by atoms with Crippen LogP contribution in [0.5, 0.6) is 0 Å². The van der Waals surface area contributed by atoms with Gasteiger partial charge in [-0.3, -0.25) is 14.4 Å². The summed E-state index contributed by atoms with van der Waals surface area (Å²) in [6, 6.07) is 0. The number of carbonyl (C=O) groups excluding carboxylic acids is 2. The maximum Gasteiger partial charge on any atom is 0.322 e. The first-order chi connectivity index (χ1) is 23.5. The standard InChI is InChI=1S/C42H69NO5/c1-3-5-7-9-11-13-14-15-16-17-18-19-20-21-22-23-25-27-33-37-42(47)48-39(34-30-26-24-12-10-8-6-4-2)35-31-28-29-32-36-40(44)43-38-41(45)46/h6,8,11-13,15-16,18-19,24,30,34,39H,3-5,7,9-10,14,17,20-23,25-29,31-33,35-38H2,1-2H3,(H,43,44)(H,45,46)/b8-6-,13-11-,16-15-,19-18-,24-12-,34-30-. The van der Waals surface area contributed by atoms with E-state index in [1.165, 1.54) is 44.9 Å². The normalized spacial score (nSPS) is 12.9. The third kappa shape index (κ3) is 35.7. The molecule has 0 bridgehead atoms. The molecule has 48 heavy (non-hydrogen) atoms. The predicted octanol–water partition coefficient (Wildman–Crippen LogP) is 11.4. The molecule has 0 heterocycles. The third-order valence-electron chi connectivity index (χ3n) is 7.85. The Balaban J connectivity index is 4.17. The van der Waals surface area contributed by atoms with Crippen molar-refractivity contribution in [3.63, 3.8) is 0 Å². The molecule has 1 unspecified atom stereocenters.